The molecular formula is C25H31N5O4. The highest BCUT2D eigenvalue weighted by Crippen LogP contribution is 2.20. The Morgan fingerprint density at radius 1 is 1.00 bits per heavy atom. The molecule has 1 saturated heterocycles. The number of benzene rings is 2. The van der Waals surface area contributed by atoms with Gasteiger partial charge in [0, 0.05) is 51.4 Å². The number of para-hydroxylation sites is 1. The van der Waals surface area contributed by atoms with Gasteiger partial charge in [0.05, 0.1) is 18.0 Å². The largest absolute Gasteiger partial charge is 0.497 e. The second-order valence-electron chi connectivity index (χ2n) is 8.41. The van der Waals surface area contributed by atoms with Crippen molar-refractivity contribution in [2.24, 2.45) is 0 Å². The van der Waals surface area contributed by atoms with Crippen LogP contribution >= 0.6 is 0 Å². The molecule has 0 spiro atoms. The summed E-state index contributed by atoms with van der Waals surface area (Å²) in [6, 6.07) is 15.1. The van der Waals surface area contributed by atoms with Crippen molar-refractivity contribution in [2.75, 3.05) is 51.3 Å². The van der Waals surface area contributed by atoms with E-state index in [1.54, 1.807) is 31.4 Å². The number of carbonyl (C=O) groups excluding carboxylic acids is 1. The molecule has 4 rings (SSSR count). The summed E-state index contributed by atoms with van der Waals surface area (Å²) in [7, 11) is 1.67. The molecule has 34 heavy (non-hydrogen) atoms. The maximum atomic E-state index is 12.3. The van der Waals surface area contributed by atoms with Gasteiger partial charge in [-0.3, -0.25) is 24.0 Å². The quantitative estimate of drug-likeness (QED) is 0.464. The summed E-state index contributed by atoms with van der Waals surface area (Å²) in [5.41, 5.74) is 0.844. The second-order valence-corrected chi connectivity index (χ2v) is 8.41. The number of aromatic amines is 1. The van der Waals surface area contributed by atoms with Gasteiger partial charge in [-0.1, -0.05) is 12.1 Å². The van der Waals surface area contributed by atoms with E-state index in [-0.39, 0.29) is 18.9 Å². The van der Waals surface area contributed by atoms with Gasteiger partial charge in [-0.25, -0.2) is 4.79 Å². The number of rotatable bonds is 9. The van der Waals surface area contributed by atoms with Crippen molar-refractivity contribution in [3.05, 3.63) is 69.4 Å². The van der Waals surface area contributed by atoms with Crippen LogP contribution in [0.4, 0.5) is 5.69 Å². The predicted octanol–water partition coefficient (Wildman–Crippen LogP) is 1.42. The van der Waals surface area contributed by atoms with E-state index < -0.39 is 11.2 Å². The highest BCUT2D eigenvalue weighted by molar-refractivity contribution is 5.78. The van der Waals surface area contributed by atoms with Crippen LogP contribution in [0.5, 0.6) is 5.75 Å². The van der Waals surface area contributed by atoms with Crippen molar-refractivity contribution in [1.82, 2.24) is 19.8 Å². The monoisotopic (exact) mass is 465 g/mol. The number of methoxy groups -OCH3 is 1. The van der Waals surface area contributed by atoms with E-state index in [1.165, 1.54) is 10.3 Å². The van der Waals surface area contributed by atoms with Gasteiger partial charge in [0.25, 0.3) is 5.56 Å². The molecule has 1 aliphatic rings. The zero-order chi connectivity index (χ0) is 23.9. The van der Waals surface area contributed by atoms with Gasteiger partial charge < -0.3 is 15.0 Å². The van der Waals surface area contributed by atoms with E-state index >= 15 is 0 Å². The molecule has 1 amide bonds. The fourth-order valence-electron chi connectivity index (χ4n) is 4.32. The summed E-state index contributed by atoms with van der Waals surface area (Å²) in [6.45, 7) is 5.67. The molecule has 0 bridgehead atoms. The number of amides is 1. The second kappa shape index (κ2) is 11.0. The fraction of sp³-hybridized carbons (Fsp3) is 0.400. The first-order valence-corrected chi connectivity index (χ1v) is 11.6. The lowest BCUT2D eigenvalue weighted by Crippen LogP contribution is -2.47. The third-order valence-corrected chi connectivity index (χ3v) is 6.25. The molecule has 0 atom stereocenters. The lowest BCUT2D eigenvalue weighted by molar-refractivity contribution is -0.121. The van der Waals surface area contributed by atoms with Gasteiger partial charge in [-0.05, 0) is 49.4 Å². The maximum Gasteiger partial charge on any atom is 0.328 e. The summed E-state index contributed by atoms with van der Waals surface area (Å²) in [5.74, 6) is 0.759. The lowest BCUT2D eigenvalue weighted by atomic mass is 10.2. The first kappa shape index (κ1) is 23.6. The predicted molar refractivity (Wildman–Crippen MR) is 133 cm³/mol. The zero-order valence-corrected chi connectivity index (χ0v) is 19.5. The van der Waals surface area contributed by atoms with Gasteiger partial charge in [-0.15, -0.1) is 0 Å². The molecule has 0 unspecified atom stereocenters. The highest BCUT2D eigenvalue weighted by atomic mass is 16.5. The van der Waals surface area contributed by atoms with Crippen LogP contribution in [-0.2, 0) is 11.3 Å². The fourth-order valence-corrected chi connectivity index (χ4v) is 4.32. The Labute approximate surface area is 197 Å². The molecule has 3 aromatic rings. The first-order chi connectivity index (χ1) is 16.5. The van der Waals surface area contributed by atoms with Crippen LogP contribution in [-0.4, -0.2) is 66.7 Å². The van der Waals surface area contributed by atoms with Crippen LogP contribution in [0.3, 0.4) is 0 Å². The molecule has 180 valence electrons. The molecule has 1 fully saturated rings. The number of hydrogen-bond donors (Lipinski definition) is 2. The topological polar surface area (TPSA) is 99.7 Å². The van der Waals surface area contributed by atoms with Crippen LogP contribution in [0.25, 0.3) is 10.9 Å². The Morgan fingerprint density at radius 2 is 1.74 bits per heavy atom. The molecule has 1 aromatic heterocycles. The van der Waals surface area contributed by atoms with E-state index in [2.05, 4.69) is 32.2 Å². The van der Waals surface area contributed by atoms with Crippen molar-refractivity contribution in [1.29, 1.82) is 0 Å². The van der Waals surface area contributed by atoms with E-state index in [4.69, 9.17) is 4.74 Å². The summed E-state index contributed by atoms with van der Waals surface area (Å²) >= 11 is 0. The summed E-state index contributed by atoms with van der Waals surface area (Å²) in [4.78, 5) is 43.6. The standard InChI is InChI=1S/C25H31N5O4/c1-34-20-9-7-19(8-10-20)29-17-15-28(16-18-29)13-4-12-26-23(31)11-14-30-22-6-3-2-5-21(22)24(32)27-25(30)33/h2-3,5-10H,4,11-18H2,1H3,(H,26,31)(H,27,32,33). The summed E-state index contributed by atoms with van der Waals surface area (Å²) in [5, 5.41) is 3.38. The van der Waals surface area contributed by atoms with Crippen LogP contribution in [0.1, 0.15) is 12.8 Å². The zero-order valence-electron chi connectivity index (χ0n) is 19.5. The van der Waals surface area contributed by atoms with Crippen molar-refractivity contribution >= 4 is 22.5 Å². The number of aryl methyl sites for hydroxylation is 1. The summed E-state index contributed by atoms with van der Waals surface area (Å²) in [6.07, 6.45) is 1.05. The smallest absolute Gasteiger partial charge is 0.328 e. The number of piperazine rings is 1. The Morgan fingerprint density at radius 3 is 2.47 bits per heavy atom. The van der Waals surface area contributed by atoms with Crippen molar-refractivity contribution < 1.29 is 9.53 Å². The highest BCUT2D eigenvalue weighted by Gasteiger charge is 2.17. The Kier molecular flexibility index (Phi) is 7.64. The molecule has 0 radical (unpaired) electrons. The van der Waals surface area contributed by atoms with Gasteiger partial charge in [0.15, 0.2) is 0 Å². The third kappa shape index (κ3) is 5.66. The van der Waals surface area contributed by atoms with Crippen LogP contribution < -0.4 is 26.2 Å². The van der Waals surface area contributed by atoms with Crippen LogP contribution in [0.2, 0.25) is 0 Å². The molecule has 0 aliphatic carbocycles. The van der Waals surface area contributed by atoms with Gasteiger partial charge in [0.2, 0.25) is 5.91 Å². The van der Waals surface area contributed by atoms with E-state index in [1.807, 2.05) is 12.1 Å². The third-order valence-electron chi connectivity index (χ3n) is 6.25. The Bertz CT molecular complexity index is 1230. The molecule has 1 aliphatic heterocycles. The number of hydrogen-bond acceptors (Lipinski definition) is 6. The molecule has 2 aromatic carbocycles. The molecule has 2 N–H and O–H groups in total. The van der Waals surface area contributed by atoms with Crippen molar-refractivity contribution in [2.45, 2.75) is 19.4 Å². The van der Waals surface area contributed by atoms with Gasteiger partial charge in [0.1, 0.15) is 5.75 Å². The number of anilines is 1. The number of fused-ring (bicyclic) bond motifs is 1. The minimum atomic E-state index is -0.495. The molecule has 0 saturated carbocycles. The minimum absolute atomic E-state index is 0.105. The maximum absolute atomic E-state index is 12.3. The van der Waals surface area contributed by atoms with E-state index in [9.17, 15) is 14.4 Å². The molecule has 9 nitrogen and oxygen atoms in total. The van der Waals surface area contributed by atoms with Crippen molar-refractivity contribution in [3.8, 4) is 5.75 Å². The SMILES string of the molecule is COc1ccc(N2CCN(CCCNC(=O)CCn3c(=O)[nH]c(=O)c4ccccc43)CC2)cc1. The van der Waals surface area contributed by atoms with Crippen LogP contribution in [0.15, 0.2) is 58.1 Å². The average Bonchev–Trinajstić information content (AvgIpc) is 2.87. The molecule has 2 heterocycles. The number of carbonyl (C=O) groups is 1. The number of nitrogens with one attached hydrogen (secondary N) is 2. The van der Waals surface area contributed by atoms with Gasteiger partial charge >= 0.3 is 5.69 Å². The van der Waals surface area contributed by atoms with Gasteiger partial charge in [-0.2, -0.15) is 0 Å². The normalized spacial score (nSPS) is 14.3. The minimum Gasteiger partial charge on any atom is -0.497 e. The number of nitrogens with zero attached hydrogens (tertiary/aromatic N) is 3. The van der Waals surface area contributed by atoms with E-state index in [0.717, 1.165) is 44.9 Å². The van der Waals surface area contributed by atoms with E-state index in [0.29, 0.717) is 17.4 Å². The Balaban J connectivity index is 1.17. The number of ether oxygens (including phenoxy) is 1. The molecule has 9 heteroatoms. The first-order valence-electron chi connectivity index (χ1n) is 11.6. The van der Waals surface area contributed by atoms with Crippen LogP contribution in [0, 0.1) is 0 Å². The number of H-pyrrole nitrogens is 1. The average molecular weight is 466 g/mol. The number of aromatic nitrogens is 2. The summed E-state index contributed by atoms with van der Waals surface area (Å²) < 4.78 is 6.67. The Hall–Kier alpha value is -3.59. The lowest BCUT2D eigenvalue weighted by Gasteiger charge is -2.36. The molecular weight excluding hydrogens is 434 g/mol. The van der Waals surface area contributed by atoms with Crippen molar-refractivity contribution in [3.63, 3.8) is 0 Å².